The molecule has 72 valence electrons. The summed E-state index contributed by atoms with van der Waals surface area (Å²) in [4.78, 5) is 10.5. The van der Waals surface area contributed by atoms with Crippen molar-refractivity contribution >= 4 is 5.97 Å². The van der Waals surface area contributed by atoms with Crippen molar-refractivity contribution in [2.24, 2.45) is 0 Å². The highest BCUT2D eigenvalue weighted by Gasteiger charge is 2.27. The minimum atomic E-state index is -0.956. The molecule has 0 saturated carbocycles. The molecule has 0 amide bonds. The van der Waals surface area contributed by atoms with E-state index >= 15 is 0 Å². The second-order valence-corrected chi connectivity index (χ2v) is 3.23. The predicted molar refractivity (Wildman–Crippen MR) is 44.1 cm³/mol. The van der Waals surface area contributed by atoms with E-state index in [1.54, 1.807) is 7.11 Å². The van der Waals surface area contributed by atoms with E-state index in [-0.39, 0.29) is 0 Å². The standard InChI is InChI=1S/C8H16O4/c1-8(2,12-4)5-6(11-3)7(9)10/h6H,5H2,1-4H3,(H,9,10). The topological polar surface area (TPSA) is 55.8 Å². The van der Waals surface area contributed by atoms with Crippen molar-refractivity contribution in [3.05, 3.63) is 0 Å². The molecule has 0 radical (unpaired) electrons. The Balaban J connectivity index is 4.11. The average Bonchev–Trinajstić information content (AvgIpc) is 2.00. The molecule has 0 heterocycles. The van der Waals surface area contributed by atoms with E-state index < -0.39 is 17.7 Å². The van der Waals surface area contributed by atoms with Crippen LogP contribution in [0.25, 0.3) is 0 Å². The van der Waals surface area contributed by atoms with Crippen LogP contribution in [0.4, 0.5) is 0 Å². The maximum Gasteiger partial charge on any atom is 0.332 e. The Labute approximate surface area is 72.5 Å². The van der Waals surface area contributed by atoms with E-state index in [1.165, 1.54) is 7.11 Å². The zero-order valence-electron chi connectivity index (χ0n) is 7.96. The third kappa shape index (κ3) is 3.69. The van der Waals surface area contributed by atoms with E-state index in [0.29, 0.717) is 6.42 Å². The van der Waals surface area contributed by atoms with Crippen LogP contribution >= 0.6 is 0 Å². The first-order valence-electron chi connectivity index (χ1n) is 3.73. The number of ether oxygens (including phenoxy) is 2. The molecule has 12 heavy (non-hydrogen) atoms. The van der Waals surface area contributed by atoms with Gasteiger partial charge in [-0.15, -0.1) is 0 Å². The van der Waals surface area contributed by atoms with Gasteiger partial charge in [0.25, 0.3) is 0 Å². The molecule has 0 aliphatic carbocycles. The van der Waals surface area contributed by atoms with Crippen molar-refractivity contribution in [3.8, 4) is 0 Å². The molecule has 0 aromatic heterocycles. The first-order valence-corrected chi connectivity index (χ1v) is 3.73. The number of hydrogen-bond donors (Lipinski definition) is 1. The maximum absolute atomic E-state index is 10.5. The van der Waals surface area contributed by atoms with E-state index in [4.69, 9.17) is 14.6 Å². The van der Waals surface area contributed by atoms with Crippen LogP contribution in [0.3, 0.4) is 0 Å². The monoisotopic (exact) mass is 176 g/mol. The summed E-state index contributed by atoms with van der Waals surface area (Å²) in [7, 11) is 2.93. The van der Waals surface area contributed by atoms with Gasteiger partial charge in [-0.1, -0.05) is 0 Å². The highest BCUT2D eigenvalue weighted by atomic mass is 16.5. The molecule has 1 atom stereocenters. The van der Waals surface area contributed by atoms with Gasteiger partial charge in [-0.2, -0.15) is 0 Å². The molecule has 4 heteroatoms. The lowest BCUT2D eigenvalue weighted by molar-refractivity contribution is -0.152. The SMILES string of the molecule is COC(CC(C)(C)OC)C(=O)O. The summed E-state index contributed by atoms with van der Waals surface area (Å²) in [5.41, 5.74) is -0.459. The van der Waals surface area contributed by atoms with Gasteiger partial charge >= 0.3 is 5.97 Å². The number of carboxylic acid groups (broad SMARTS) is 1. The number of rotatable bonds is 5. The molecule has 0 aliphatic heterocycles. The Morgan fingerprint density at radius 2 is 2.00 bits per heavy atom. The summed E-state index contributed by atoms with van der Waals surface area (Å²) in [6, 6.07) is 0. The molecule has 0 aromatic rings. The van der Waals surface area contributed by atoms with Crippen molar-refractivity contribution in [2.45, 2.75) is 32.0 Å². The summed E-state index contributed by atoms with van der Waals surface area (Å²) in [6.45, 7) is 3.64. The molecule has 0 spiro atoms. The van der Waals surface area contributed by atoms with Gasteiger partial charge in [-0.05, 0) is 13.8 Å². The molecular weight excluding hydrogens is 160 g/mol. The quantitative estimate of drug-likeness (QED) is 0.676. The second-order valence-electron chi connectivity index (χ2n) is 3.23. The Kier molecular flexibility index (Phi) is 4.20. The molecule has 1 unspecified atom stereocenters. The van der Waals surface area contributed by atoms with Crippen LogP contribution in [0.15, 0.2) is 0 Å². The lowest BCUT2D eigenvalue weighted by Crippen LogP contribution is -2.34. The summed E-state index contributed by atoms with van der Waals surface area (Å²) in [6.07, 6.45) is -0.449. The van der Waals surface area contributed by atoms with Gasteiger partial charge in [0, 0.05) is 20.6 Å². The fraction of sp³-hybridized carbons (Fsp3) is 0.875. The third-order valence-corrected chi connectivity index (χ3v) is 1.79. The average molecular weight is 176 g/mol. The zero-order valence-corrected chi connectivity index (χ0v) is 7.96. The smallest absolute Gasteiger partial charge is 0.332 e. The highest BCUT2D eigenvalue weighted by molar-refractivity contribution is 5.72. The van der Waals surface area contributed by atoms with E-state index in [0.717, 1.165) is 0 Å². The van der Waals surface area contributed by atoms with Crippen LogP contribution < -0.4 is 0 Å². The zero-order chi connectivity index (χ0) is 9.78. The number of carboxylic acids is 1. The Bertz CT molecular complexity index is 153. The van der Waals surface area contributed by atoms with Crippen LogP contribution in [0, 0.1) is 0 Å². The second kappa shape index (κ2) is 4.42. The van der Waals surface area contributed by atoms with Crippen molar-refractivity contribution in [1.82, 2.24) is 0 Å². The van der Waals surface area contributed by atoms with Crippen molar-refractivity contribution < 1.29 is 19.4 Å². The number of carbonyl (C=O) groups is 1. The summed E-state index contributed by atoms with van der Waals surface area (Å²) < 4.78 is 9.85. The Morgan fingerprint density at radius 1 is 1.50 bits per heavy atom. The van der Waals surface area contributed by atoms with Gasteiger partial charge in [-0.25, -0.2) is 4.79 Å². The number of methoxy groups -OCH3 is 2. The summed E-state index contributed by atoms with van der Waals surface area (Å²) >= 11 is 0. The van der Waals surface area contributed by atoms with Crippen LogP contribution in [0.2, 0.25) is 0 Å². The van der Waals surface area contributed by atoms with Gasteiger partial charge in [-0.3, -0.25) is 0 Å². The summed E-state index contributed by atoms with van der Waals surface area (Å²) in [5, 5.41) is 8.65. The molecule has 0 aliphatic rings. The van der Waals surface area contributed by atoms with Crippen molar-refractivity contribution in [3.63, 3.8) is 0 Å². The van der Waals surface area contributed by atoms with Gasteiger partial charge in [0.05, 0.1) is 5.60 Å². The van der Waals surface area contributed by atoms with Gasteiger partial charge < -0.3 is 14.6 Å². The third-order valence-electron chi connectivity index (χ3n) is 1.79. The molecule has 0 fully saturated rings. The molecule has 4 nitrogen and oxygen atoms in total. The molecule has 0 bridgehead atoms. The van der Waals surface area contributed by atoms with Crippen molar-refractivity contribution in [2.75, 3.05) is 14.2 Å². The van der Waals surface area contributed by atoms with Crippen LogP contribution in [0.5, 0.6) is 0 Å². The lowest BCUT2D eigenvalue weighted by Gasteiger charge is -2.25. The minimum absolute atomic E-state index is 0.343. The van der Waals surface area contributed by atoms with E-state index in [2.05, 4.69) is 0 Å². The van der Waals surface area contributed by atoms with Crippen molar-refractivity contribution in [1.29, 1.82) is 0 Å². The van der Waals surface area contributed by atoms with Gasteiger partial charge in [0.15, 0.2) is 6.10 Å². The summed E-state index contributed by atoms with van der Waals surface area (Å²) in [5.74, 6) is -0.956. The van der Waals surface area contributed by atoms with E-state index in [9.17, 15) is 4.79 Å². The van der Waals surface area contributed by atoms with Crippen LogP contribution in [-0.2, 0) is 14.3 Å². The lowest BCUT2D eigenvalue weighted by atomic mass is 10.0. The maximum atomic E-state index is 10.5. The highest BCUT2D eigenvalue weighted by Crippen LogP contribution is 2.17. The van der Waals surface area contributed by atoms with Gasteiger partial charge in [0.2, 0.25) is 0 Å². The molecule has 0 saturated heterocycles. The molecule has 0 aromatic carbocycles. The fourth-order valence-corrected chi connectivity index (χ4v) is 0.801. The Hall–Kier alpha value is -0.610. The Morgan fingerprint density at radius 3 is 2.25 bits per heavy atom. The number of hydrogen-bond acceptors (Lipinski definition) is 3. The minimum Gasteiger partial charge on any atom is -0.479 e. The van der Waals surface area contributed by atoms with Crippen LogP contribution in [-0.4, -0.2) is 37.0 Å². The number of aliphatic carboxylic acids is 1. The fourth-order valence-electron chi connectivity index (χ4n) is 0.801. The first-order chi connectivity index (χ1) is 5.43. The molecule has 1 N–H and O–H groups in total. The predicted octanol–water partition coefficient (Wildman–Crippen LogP) is 0.901. The molecular formula is C8H16O4. The molecule has 0 rings (SSSR count). The van der Waals surface area contributed by atoms with Gasteiger partial charge in [0.1, 0.15) is 0 Å². The van der Waals surface area contributed by atoms with Crippen LogP contribution in [0.1, 0.15) is 20.3 Å². The normalized spacial score (nSPS) is 14.3. The van der Waals surface area contributed by atoms with E-state index in [1.807, 2.05) is 13.8 Å². The first kappa shape index (κ1) is 11.4. The largest absolute Gasteiger partial charge is 0.479 e.